The summed E-state index contributed by atoms with van der Waals surface area (Å²) in [6.45, 7) is 6.01. The fourth-order valence-electron chi connectivity index (χ4n) is 7.27. The molecule has 0 spiro atoms. The van der Waals surface area contributed by atoms with Crippen LogP contribution in [0.2, 0.25) is 0 Å². The van der Waals surface area contributed by atoms with E-state index in [1.165, 1.54) is 24.3 Å². The van der Waals surface area contributed by atoms with E-state index in [-0.39, 0.29) is 90.7 Å². The first-order valence-electron chi connectivity index (χ1n) is 16.0. The lowest BCUT2D eigenvalue weighted by Crippen LogP contribution is -2.51. The summed E-state index contributed by atoms with van der Waals surface area (Å²) in [5, 5.41) is 22.1. The average molecular weight is 675 g/mol. The van der Waals surface area contributed by atoms with Crippen LogP contribution in [0, 0.1) is 28.8 Å². The molecule has 48 heavy (non-hydrogen) atoms. The molecule has 2 fully saturated rings. The first kappa shape index (κ1) is 34.1. The summed E-state index contributed by atoms with van der Waals surface area (Å²) in [7, 11) is 1.84. The van der Waals surface area contributed by atoms with Crippen molar-refractivity contribution in [2.24, 2.45) is 11.3 Å². The van der Waals surface area contributed by atoms with Gasteiger partial charge in [-0.3, -0.25) is 0 Å². The van der Waals surface area contributed by atoms with Crippen molar-refractivity contribution in [3.05, 3.63) is 53.3 Å². The molecule has 0 bridgehead atoms. The summed E-state index contributed by atoms with van der Waals surface area (Å²) in [5.41, 5.74) is -3.04. The fraction of sp³-hybridized carbons (Fsp3) is 0.486. The Bertz CT molecular complexity index is 1860. The Kier molecular flexibility index (Phi) is 9.16. The number of β-amino-alcohol motifs (C(OH)–C–C–N with tert-alkyl or cyclic N) is 1. The number of fused-ring (bicyclic) bond motifs is 2. The van der Waals surface area contributed by atoms with Crippen molar-refractivity contribution in [3.8, 4) is 22.9 Å². The van der Waals surface area contributed by atoms with Crippen LogP contribution in [-0.2, 0) is 11.2 Å². The molecule has 2 N–H and O–H groups in total. The van der Waals surface area contributed by atoms with Gasteiger partial charge in [0.15, 0.2) is 5.82 Å². The van der Waals surface area contributed by atoms with E-state index in [4.69, 9.17) is 9.47 Å². The Morgan fingerprint density at radius 3 is 2.56 bits per heavy atom. The molecule has 0 amide bonds. The van der Waals surface area contributed by atoms with Crippen molar-refractivity contribution < 1.29 is 41.6 Å². The number of aliphatic hydroxyl groups is 1. The summed E-state index contributed by atoms with van der Waals surface area (Å²) in [6, 6.07) is 6.00. The molecule has 0 radical (unpaired) electrons. The number of rotatable bonds is 7. The Labute approximate surface area is 275 Å². The average Bonchev–Trinajstić information content (AvgIpc) is 3.20. The van der Waals surface area contributed by atoms with Crippen molar-refractivity contribution in [1.29, 1.82) is 0 Å². The van der Waals surface area contributed by atoms with Gasteiger partial charge in [-0.2, -0.15) is 9.97 Å². The summed E-state index contributed by atoms with van der Waals surface area (Å²) in [4.78, 5) is 12.4. The lowest BCUT2D eigenvalue weighted by atomic mass is 9.73. The molecule has 2 aliphatic rings. The minimum atomic E-state index is -2.59. The van der Waals surface area contributed by atoms with Gasteiger partial charge in [-0.05, 0) is 79.5 Å². The molecule has 6 rings (SSSR count). The van der Waals surface area contributed by atoms with Crippen LogP contribution in [0.1, 0.15) is 32.8 Å². The van der Waals surface area contributed by atoms with Crippen LogP contribution >= 0.6 is 0 Å². The van der Waals surface area contributed by atoms with Crippen LogP contribution in [0.5, 0.6) is 11.8 Å². The van der Waals surface area contributed by atoms with E-state index in [0.29, 0.717) is 18.5 Å². The van der Waals surface area contributed by atoms with Crippen LogP contribution in [0.15, 0.2) is 30.3 Å². The van der Waals surface area contributed by atoms with Gasteiger partial charge in [-0.1, -0.05) is 19.9 Å². The number of hydrogen-bond acceptors (Lipinski definition) is 8. The van der Waals surface area contributed by atoms with Gasteiger partial charge in [0, 0.05) is 29.8 Å². The molecule has 3 aromatic carbocycles. The number of phenolic OH excluding ortho intramolecular Hbond substituents is 1. The Balaban J connectivity index is 1.55. The van der Waals surface area contributed by atoms with Crippen LogP contribution in [0.4, 0.5) is 27.8 Å². The zero-order valence-corrected chi connectivity index (χ0v) is 27.3. The van der Waals surface area contributed by atoms with Crippen molar-refractivity contribution in [2.45, 2.75) is 45.6 Å². The lowest BCUT2D eigenvalue weighted by Gasteiger charge is -2.44. The third-order valence-corrected chi connectivity index (χ3v) is 9.55. The Hall–Kier alpha value is -3.81. The van der Waals surface area contributed by atoms with Crippen molar-refractivity contribution in [3.63, 3.8) is 0 Å². The molecular formula is C35H39F5N4O4. The van der Waals surface area contributed by atoms with E-state index in [9.17, 15) is 23.4 Å². The lowest BCUT2D eigenvalue weighted by molar-refractivity contribution is -0.0679. The van der Waals surface area contributed by atoms with Crippen LogP contribution in [0.25, 0.3) is 32.8 Å². The van der Waals surface area contributed by atoms with E-state index in [1.807, 2.05) is 11.9 Å². The number of likely N-dealkylation sites (tertiary alicyclic amines) is 1. The molecule has 0 saturated carbocycles. The molecular weight excluding hydrogens is 635 g/mol. The number of halogens is 5. The van der Waals surface area contributed by atoms with Crippen molar-refractivity contribution in [1.82, 2.24) is 14.9 Å². The molecule has 2 saturated heterocycles. The predicted octanol–water partition coefficient (Wildman–Crippen LogP) is 6.32. The molecule has 0 aliphatic carbocycles. The number of aromatic hydroxyl groups is 1. The van der Waals surface area contributed by atoms with Gasteiger partial charge < -0.3 is 29.5 Å². The van der Waals surface area contributed by atoms with E-state index >= 15 is 8.78 Å². The number of alkyl halides is 2. The summed E-state index contributed by atoms with van der Waals surface area (Å²) in [6.07, 6.45) is -2.11. The Morgan fingerprint density at radius 2 is 1.83 bits per heavy atom. The zero-order chi connectivity index (χ0) is 34.5. The number of aromatic nitrogens is 2. The third kappa shape index (κ3) is 6.35. The van der Waals surface area contributed by atoms with E-state index < -0.39 is 46.4 Å². The fourth-order valence-corrected chi connectivity index (χ4v) is 7.27. The summed E-state index contributed by atoms with van der Waals surface area (Å²) >= 11 is 0. The van der Waals surface area contributed by atoms with Crippen molar-refractivity contribution in [2.75, 3.05) is 57.9 Å². The molecule has 258 valence electrons. The summed E-state index contributed by atoms with van der Waals surface area (Å²) < 4.78 is 88.0. The van der Waals surface area contributed by atoms with Crippen LogP contribution in [0.3, 0.4) is 0 Å². The largest absolute Gasteiger partial charge is 0.508 e. The highest BCUT2D eigenvalue weighted by Gasteiger charge is 2.44. The number of hydrogen-bond donors (Lipinski definition) is 2. The minimum absolute atomic E-state index is 0.00413. The van der Waals surface area contributed by atoms with Gasteiger partial charge in [0.2, 0.25) is 6.43 Å². The SMILES string of the molecule is CCc1c(F)ccc2cc(O)cc(-c3c(F)cc4c(N5CCOC[C@@](C)(O)C5)nc(OC[C@]5(C)CN(C)CC[C@@H]5C(F)F)nc4c3F)c12. The molecule has 3 heterocycles. The zero-order valence-electron chi connectivity index (χ0n) is 27.3. The maximum Gasteiger partial charge on any atom is 0.319 e. The second-order valence-corrected chi connectivity index (χ2v) is 13.6. The highest BCUT2D eigenvalue weighted by Crippen LogP contribution is 2.43. The van der Waals surface area contributed by atoms with Crippen LogP contribution < -0.4 is 9.64 Å². The first-order chi connectivity index (χ1) is 22.7. The topological polar surface area (TPSA) is 91.2 Å². The van der Waals surface area contributed by atoms with E-state index in [0.717, 1.165) is 6.07 Å². The Morgan fingerprint density at radius 1 is 1.06 bits per heavy atom. The predicted molar refractivity (Wildman–Crippen MR) is 172 cm³/mol. The number of phenols is 1. The minimum Gasteiger partial charge on any atom is -0.508 e. The molecule has 1 aromatic heterocycles. The normalized spacial score (nSPS) is 24.1. The molecule has 4 aromatic rings. The monoisotopic (exact) mass is 674 g/mol. The maximum absolute atomic E-state index is 16.9. The number of benzene rings is 3. The first-order valence-corrected chi connectivity index (χ1v) is 16.0. The van der Waals surface area contributed by atoms with E-state index in [2.05, 4.69) is 9.97 Å². The second-order valence-electron chi connectivity index (χ2n) is 13.6. The summed E-state index contributed by atoms with van der Waals surface area (Å²) in [5.74, 6) is -3.85. The standard InChI is InChI=1S/C35H39F5N4O4/c1-5-21-25(36)7-6-19-12-20(45)13-22(27(19)21)28-26(37)14-23-30(29(28)38)41-33(42-32(23)44-10-11-47-18-35(3,46)16-44)48-17-34(2)15-43(4)9-8-24(34)31(39)40/h6-7,12-14,24,31,45-46H,5,8-11,15-18H2,1-4H3/t24-,34+,35+/m1/s1. The molecule has 2 aliphatic heterocycles. The van der Waals surface area contributed by atoms with Gasteiger partial charge in [0.05, 0.1) is 31.9 Å². The quantitative estimate of drug-likeness (QED) is 0.220. The highest BCUT2D eigenvalue weighted by molar-refractivity contribution is 6.03. The third-order valence-electron chi connectivity index (χ3n) is 9.55. The molecule has 8 nitrogen and oxygen atoms in total. The van der Waals surface area contributed by atoms with Gasteiger partial charge in [0.25, 0.3) is 0 Å². The van der Waals surface area contributed by atoms with Crippen molar-refractivity contribution >= 4 is 27.5 Å². The number of anilines is 1. The number of aryl methyl sites for hydroxylation is 1. The van der Waals surface area contributed by atoms with Gasteiger partial charge >= 0.3 is 6.01 Å². The van der Waals surface area contributed by atoms with Gasteiger partial charge in [-0.25, -0.2) is 22.0 Å². The van der Waals surface area contributed by atoms with E-state index in [1.54, 1.807) is 25.7 Å². The molecule has 13 heteroatoms. The smallest absolute Gasteiger partial charge is 0.319 e. The van der Waals surface area contributed by atoms with Gasteiger partial charge in [-0.15, -0.1) is 0 Å². The van der Waals surface area contributed by atoms with Gasteiger partial charge in [0.1, 0.15) is 34.3 Å². The number of ether oxygens (including phenoxy) is 2. The number of piperidine rings is 1. The molecule has 3 atom stereocenters. The number of nitrogens with zero attached hydrogens (tertiary/aromatic N) is 4. The molecule has 0 unspecified atom stereocenters. The highest BCUT2D eigenvalue weighted by atomic mass is 19.3. The van der Waals surface area contributed by atoms with Crippen LogP contribution in [-0.4, -0.2) is 90.2 Å². The second kappa shape index (κ2) is 12.9. The maximum atomic E-state index is 16.9.